The molecule has 0 spiro atoms. The van der Waals surface area contributed by atoms with E-state index in [4.69, 9.17) is 11.6 Å². The first kappa shape index (κ1) is 13.9. The molecule has 0 saturated carbocycles. The van der Waals surface area contributed by atoms with Crippen molar-refractivity contribution in [3.8, 4) is 0 Å². The van der Waals surface area contributed by atoms with Crippen LogP contribution >= 0.6 is 11.6 Å². The summed E-state index contributed by atoms with van der Waals surface area (Å²) in [6.07, 6.45) is 3.95. The molecule has 0 unspecified atom stereocenters. The SMILES string of the molecule is O=C(NNC(=O)c1cc(Cl)ccc1F)c1cnccn1. The van der Waals surface area contributed by atoms with Crippen molar-refractivity contribution in [2.24, 2.45) is 0 Å². The molecule has 2 N–H and O–H groups in total. The second-order valence-corrected chi connectivity index (χ2v) is 4.06. The second kappa shape index (κ2) is 6.07. The fourth-order valence-electron chi connectivity index (χ4n) is 1.33. The summed E-state index contributed by atoms with van der Waals surface area (Å²) < 4.78 is 13.4. The van der Waals surface area contributed by atoms with Gasteiger partial charge in [-0.2, -0.15) is 0 Å². The molecule has 1 aromatic heterocycles. The molecule has 2 rings (SSSR count). The molecule has 0 aliphatic rings. The van der Waals surface area contributed by atoms with Crippen LogP contribution in [0.1, 0.15) is 20.8 Å². The van der Waals surface area contributed by atoms with E-state index < -0.39 is 17.6 Å². The average molecular weight is 295 g/mol. The van der Waals surface area contributed by atoms with Crippen LogP contribution in [-0.2, 0) is 0 Å². The Hall–Kier alpha value is -2.54. The summed E-state index contributed by atoms with van der Waals surface area (Å²) in [4.78, 5) is 30.7. The number of hydrogen-bond donors (Lipinski definition) is 2. The summed E-state index contributed by atoms with van der Waals surface area (Å²) in [5.74, 6) is -2.25. The molecular formula is C12H8ClFN4O2. The zero-order valence-electron chi connectivity index (χ0n) is 9.93. The minimum absolute atomic E-state index is 0.0133. The van der Waals surface area contributed by atoms with Gasteiger partial charge in [0.15, 0.2) is 0 Å². The Bertz CT molecular complexity index is 651. The lowest BCUT2D eigenvalue weighted by atomic mass is 10.2. The summed E-state index contributed by atoms with van der Waals surface area (Å²) in [6.45, 7) is 0. The van der Waals surface area contributed by atoms with Crippen molar-refractivity contribution in [3.05, 3.63) is 58.9 Å². The summed E-state index contributed by atoms with van der Waals surface area (Å²) in [7, 11) is 0. The van der Waals surface area contributed by atoms with Crippen LogP contribution < -0.4 is 10.9 Å². The molecular weight excluding hydrogens is 287 g/mol. The fraction of sp³-hybridized carbons (Fsp3) is 0. The van der Waals surface area contributed by atoms with Gasteiger partial charge >= 0.3 is 0 Å². The molecule has 20 heavy (non-hydrogen) atoms. The largest absolute Gasteiger partial charge is 0.289 e. The Kier molecular flexibility index (Phi) is 4.21. The standard InChI is InChI=1S/C12H8ClFN4O2/c13-7-1-2-9(14)8(5-7)11(19)17-18-12(20)10-6-15-3-4-16-10/h1-6H,(H,17,19)(H,18,20). The molecule has 8 heteroatoms. The van der Waals surface area contributed by atoms with Crippen LogP contribution in [0.25, 0.3) is 0 Å². The van der Waals surface area contributed by atoms with Crippen LogP contribution in [0.15, 0.2) is 36.8 Å². The first-order valence-electron chi connectivity index (χ1n) is 5.39. The summed E-state index contributed by atoms with van der Waals surface area (Å²) in [5, 5.41) is 0.205. The molecule has 0 aliphatic carbocycles. The molecule has 0 atom stereocenters. The van der Waals surface area contributed by atoms with Crippen molar-refractivity contribution < 1.29 is 14.0 Å². The lowest BCUT2D eigenvalue weighted by Crippen LogP contribution is -2.42. The van der Waals surface area contributed by atoms with Gasteiger partial charge in [0, 0.05) is 17.4 Å². The van der Waals surface area contributed by atoms with Crippen molar-refractivity contribution in [1.29, 1.82) is 0 Å². The van der Waals surface area contributed by atoms with E-state index in [0.29, 0.717) is 0 Å². The van der Waals surface area contributed by atoms with Gasteiger partial charge in [0.2, 0.25) is 0 Å². The van der Waals surface area contributed by atoms with Crippen molar-refractivity contribution in [2.75, 3.05) is 0 Å². The maximum absolute atomic E-state index is 13.4. The monoisotopic (exact) mass is 294 g/mol. The highest BCUT2D eigenvalue weighted by Gasteiger charge is 2.14. The highest BCUT2D eigenvalue weighted by atomic mass is 35.5. The molecule has 0 fully saturated rings. The number of amides is 2. The molecule has 0 bridgehead atoms. The second-order valence-electron chi connectivity index (χ2n) is 3.62. The van der Waals surface area contributed by atoms with Gasteiger partial charge in [0.1, 0.15) is 11.5 Å². The Morgan fingerprint density at radius 1 is 1.15 bits per heavy atom. The van der Waals surface area contributed by atoms with Gasteiger partial charge in [0.25, 0.3) is 11.8 Å². The number of rotatable bonds is 2. The zero-order chi connectivity index (χ0) is 14.5. The first-order chi connectivity index (χ1) is 9.58. The van der Waals surface area contributed by atoms with E-state index >= 15 is 0 Å². The van der Waals surface area contributed by atoms with Gasteiger partial charge in [-0.05, 0) is 18.2 Å². The minimum Gasteiger partial charge on any atom is -0.267 e. The summed E-state index contributed by atoms with van der Waals surface area (Å²) in [5.41, 5.74) is 3.89. The Balaban J connectivity index is 2.02. The van der Waals surface area contributed by atoms with Crippen molar-refractivity contribution >= 4 is 23.4 Å². The normalized spacial score (nSPS) is 9.90. The van der Waals surface area contributed by atoms with E-state index in [-0.39, 0.29) is 16.3 Å². The predicted molar refractivity (Wildman–Crippen MR) is 68.4 cm³/mol. The first-order valence-corrected chi connectivity index (χ1v) is 5.77. The highest BCUT2D eigenvalue weighted by Crippen LogP contribution is 2.14. The third-order valence-electron chi connectivity index (χ3n) is 2.26. The van der Waals surface area contributed by atoms with Gasteiger partial charge in [-0.15, -0.1) is 0 Å². The number of carbonyl (C=O) groups excluding carboxylic acids is 2. The van der Waals surface area contributed by atoms with Gasteiger partial charge in [-0.1, -0.05) is 11.6 Å². The third-order valence-corrected chi connectivity index (χ3v) is 2.49. The highest BCUT2D eigenvalue weighted by molar-refractivity contribution is 6.31. The number of nitrogens with one attached hydrogen (secondary N) is 2. The van der Waals surface area contributed by atoms with Gasteiger partial charge in [-0.3, -0.25) is 25.4 Å². The van der Waals surface area contributed by atoms with E-state index in [9.17, 15) is 14.0 Å². The fourth-order valence-corrected chi connectivity index (χ4v) is 1.50. The minimum atomic E-state index is -0.831. The number of hydrazine groups is 1. The number of nitrogens with zero attached hydrogens (tertiary/aromatic N) is 2. The quantitative estimate of drug-likeness (QED) is 0.819. The van der Waals surface area contributed by atoms with E-state index in [1.165, 1.54) is 24.7 Å². The topological polar surface area (TPSA) is 84.0 Å². The lowest BCUT2D eigenvalue weighted by Gasteiger charge is -2.07. The third kappa shape index (κ3) is 3.27. The number of benzene rings is 1. The predicted octanol–water partition coefficient (Wildman–Crippen LogP) is 1.34. The smallest absolute Gasteiger partial charge is 0.267 e. The molecule has 6 nitrogen and oxygen atoms in total. The molecule has 0 aliphatic heterocycles. The van der Waals surface area contributed by atoms with Gasteiger partial charge in [-0.25, -0.2) is 9.37 Å². The molecule has 102 valence electrons. The Labute approximate surface area is 118 Å². The van der Waals surface area contributed by atoms with Crippen molar-refractivity contribution in [3.63, 3.8) is 0 Å². The maximum atomic E-state index is 13.4. The molecule has 0 saturated heterocycles. The average Bonchev–Trinajstić information content (AvgIpc) is 2.47. The summed E-state index contributed by atoms with van der Waals surface area (Å²) in [6, 6.07) is 3.52. The van der Waals surface area contributed by atoms with Crippen LogP contribution in [0.2, 0.25) is 5.02 Å². The van der Waals surface area contributed by atoms with Crippen molar-refractivity contribution in [1.82, 2.24) is 20.8 Å². The van der Waals surface area contributed by atoms with Crippen LogP contribution in [0, 0.1) is 5.82 Å². The Morgan fingerprint density at radius 3 is 2.60 bits per heavy atom. The van der Waals surface area contributed by atoms with Crippen LogP contribution in [0.5, 0.6) is 0 Å². The van der Waals surface area contributed by atoms with E-state index in [0.717, 1.165) is 12.1 Å². The van der Waals surface area contributed by atoms with Crippen LogP contribution in [0.3, 0.4) is 0 Å². The number of halogens is 2. The van der Waals surface area contributed by atoms with Crippen molar-refractivity contribution in [2.45, 2.75) is 0 Å². The molecule has 1 heterocycles. The number of aromatic nitrogens is 2. The van der Waals surface area contributed by atoms with E-state index in [1.54, 1.807) is 0 Å². The van der Waals surface area contributed by atoms with E-state index in [1.807, 2.05) is 0 Å². The van der Waals surface area contributed by atoms with Crippen LogP contribution in [-0.4, -0.2) is 21.8 Å². The molecule has 2 aromatic rings. The number of hydrogen-bond acceptors (Lipinski definition) is 4. The Morgan fingerprint density at radius 2 is 1.90 bits per heavy atom. The van der Waals surface area contributed by atoms with Gasteiger partial charge < -0.3 is 0 Å². The zero-order valence-corrected chi connectivity index (χ0v) is 10.7. The molecule has 2 amide bonds. The summed E-state index contributed by atoms with van der Waals surface area (Å²) >= 11 is 5.67. The lowest BCUT2D eigenvalue weighted by molar-refractivity contribution is 0.0841. The van der Waals surface area contributed by atoms with Crippen LogP contribution in [0.4, 0.5) is 4.39 Å². The van der Waals surface area contributed by atoms with E-state index in [2.05, 4.69) is 20.8 Å². The van der Waals surface area contributed by atoms with Gasteiger partial charge in [0.05, 0.1) is 11.8 Å². The molecule has 1 aromatic carbocycles. The maximum Gasteiger partial charge on any atom is 0.289 e. The number of carbonyl (C=O) groups is 2. The molecule has 0 radical (unpaired) electrons.